The number of rotatable bonds is 4. The second-order valence-corrected chi connectivity index (χ2v) is 8.14. The van der Waals surface area contributed by atoms with Crippen LogP contribution in [0.2, 0.25) is 0 Å². The Hall–Kier alpha value is -1.84. The molecule has 0 saturated carbocycles. The van der Waals surface area contributed by atoms with Gasteiger partial charge in [0.15, 0.2) is 0 Å². The molecule has 2 saturated heterocycles. The zero-order chi connectivity index (χ0) is 19.4. The highest BCUT2D eigenvalue weighted by atomic mass is 35.5. The second kappa shape index (κ2) is 11.0. The normalized spacial score (nSPS) is 18.6. The van der Waals surface area contributed by atoms with E-state index in [4.69, 9.17) is 4.98 Å². The number of hydrogen-bond donors (Lipinski definition) is 1. The molecule has 0 unspecified atom stereocenters. The van der Waals surface area contributed by atoms with Crippen molar-refractivity contribution in [3.8, 4) is 6.07 Å². The summed E-state index contributed by atoms with van der Waals surface area (Å²) < 4.78 is 0. The first-order valence-electron chi connectivity index (χ1n) is 10.3. The molecule has 0 aliphatic carbocycles. The Bertz CT molecular complexity index is 835. The molecule has 0 radical (unpaired) electrons. The van der Waals surface area contributed by atoms with Crippen molar-refractivity contribution in [3.63, 3.8) is 0 Å². The number of nitrogens with one attached hydrogen (secondary N) is 1. The molecule has 30 heavy (non-hydrogen) atoms. The third-order valence-electron chi connectivity index (χ3n) is 6.28. The maximum absolute atomic E-state index is 9.40. The third kappa shape index (κ3) is 5.25. The average Bonchev–Trinajstić information content (AvgIpc) is 2.75. The Labute approximate surface area is 192 Å². The number of aryl methyl sites for hydroxylation is 1. The highest BCUT2D eigenvalue weighted by Crippen LogP contribution is 2.34. The van der Waals surface area contributed by atoms with Gasteiger partial charge in [-0.3, -0.25) is 9.88 Å². The fraction of sp³-hybridized carbons (Fsp3) is 0.478. The first kappa shape index (κ1) is 24.4. The highest BCUT2D eigenvalue weighted by molar-refractivity contribution is 5.85. The number of pyridine rings is 1. The van der Waals surface area contributed by atoms with E-state index in [2.05, 4.69) is 46.3 Å². The number of hydrogen-bond acceptors (Lipinski definition) is 5. The van der Waals surface area contributed by atoms with Gasteiger partial charge >= 0.3 is 0 Å². The molecule has 2 aliphatic rings. The van der Waals surface area contributed by atoms with E-state index >= 15 is 0 Å². The molecule has 0 amide bonds. The van der Waals surface area contributed by atoms with Crippen molar-refractivity contribution in [2.75, 3.05) is 50.7 Å². The van der Waals surface area contributed by atoms with Gasteiger partial charge in [0.1, 0.15) is 6.07 Å². The summed E-state index contributed by atoms with van der Waals surface area (Å²) in [6, 6.07) is 14.7. The lowest BCUT2D eigenvalue weighted by atomic mass is 9.75. The molecule has 2 fully saturated rings. The molecule has 1 aromatic carbocycles. The minimum absolute atomic E-state index is 0. The second-order valence-electron chi connectivity index (χ2n) is 8.14. The van der Waals surface area contributed by atoms with Crippen LogP contribution >= 0.6 is 24.8 Å². The summed E-state index contributed by atoms with van der Waals surface area (Å²) in [5.41, 5.74) is 4.46. The number of aromatic nitrogens is 1. The molecule has 0 atom stereocenters. The Balaban J connectivity index is 0.00000160. The van der Waals surface area contributed by atoms with E-state index in [9.17, 15) is 5.26 Å². The van der Waals surface area contributed by atoms with Crippen LogP contribution in [-0.4, -0.2) is 55.7 Å². The topological polar surface area (TPSA) is 55.2 Å². The molecular weight excluding hydrogens is 417 g/mol. The zero-order valence-electron chi connectivity index (χ0n) is 17.5. The smallest absolute Gasteiger partial charge is 0.101 e. The summed E-state index contributed by atoms with van der Waals surface area (Å²) in [5, 5.41) is 12.9. The molecule has 7 heteroatoms. The summed E-state index contributed by atoms with van der Waals surface area (Å²) in [7, 11) is 0. The van der Waals surface area contributed by atoms with Crippen molar-refractivity contribution in [2.45, 2.75) is 25.2 Å². The van der Waals surface area contributed by atoms with Crippen LogP contribution < -0.4 is 10.2 Å². The van der Waals surface area contributed by atoms with Crippen LogP contribution in [0.4, 0.5) is 5.69 Å². The van der Waals surface area contributed by atoms with Gasteiger partial charge in [-0.1, -0.05) is 18.2 Å². The maximum Gasteiger partial charge on any atom is 0.101 e. The largest absolute Gasteiger partial charge is 0.368 e. The highest BCUT2D eigenvalue weighted by Gasteiger charge is 2.37. The van der Waals surface area contributed by atoms with E-state index in [1.54, 1.807) is 0 Å². The van der Waals surface area contributed by atoms with Gasteiger partial charge in [-0.2, -0.15) is 5.26 Å². The number of anilines is 1. The lowest BCUT2D eigenvalue weighted by Gasteiger charge is -2.44. The molecular formula is C23H31Cl2N5. The van der Waals surface area contributed by atoms with Crippen LogP contribution in [0, 0.1) is 18.3 Å². The Morgan fingerprint density at radius 1 is 1.03 bits per heavy atom. The summed E-state index contributed by atoms with van der Waals surface area (Å²) in [5.74, 6) is 0. The first-order valence-corrected chi connectivity index (χ1v) is 10.3. The predicted octanol–water partition coefficient (Wildman–Crippen LogP) is 3.55. The van der Waals surface area contributed by atoms with E-state index in [0.29, 0.717) is 0 Å². The molecule has 0 spiro atoms. The summed E-state index contributed by atoms with van der Waals surface area (Å²) in [4.78, 5) is 9.77. The lowest BCUT2D eigenvalue weighted by molar-refractivity contribution is 0.164. The van der Waals surface area contributed by atoms with E-state index in [1.807, 2.05) is 24.4 Å². The predicted molar refractivity (Wildman–Crippen MR) is 127 cm³/mol. The molecule has 4 rings (SSSR count). The van der Waals surface area contributed by atoms with Crippen LogP contribution in [0.5, 0.6) is 0 Å². The molecule has 2 aliphatic heterocycles. The molecule has 162 valence electrons. The van der Waals surface area contributed by atoms with Crippen molar-refractivity contribution < 1.29 is 0 Å². The number of para-hydroxylation sites is 1. The lowest BCUT2D eigenvalue weighted by Crippen LogP contribution is -2.53. The molecule has 2 aromatic rings. The summed E-state index contributed by atoms with van der Waals surface area (Å²) in [6.07, 6.45) is 4.29. The van der Waals surface area contributed by atoms with Crippen molar-refractivity contribution in [1.82, 2.24) is 15.2 Å². The maximum atomic E-state index is 9.40. The van der Waals surface area contributed by atoms with E-state index in [0.717, 1.165) is 69.9 Å². The standard InChI is InChI=1S/C23H29N5.2ClH/c1-19-6-7-22(26-17-19)23(8-10-25-11-9-23)18-27-12-14-28(15-13-27)21-5-3-2-4-20(21)16-24;;/h2-7,17,25H,8-15,18H2,1H3;2*1H. The zero-order valence-corrected chi connectivity index (χ0v) is 19.1. The van der Waals surface area contributed by atoms with Crippen molar-refractivity contribution >= 4 is 30.5 Å². The van der Waals surface area contributed by atoms with Gasteiger partial charge in [-0.05, 0) is 56.6 Å². The molecule has 1 aromatic heterocycles. The van der Waals surface area contributed by atoms with E-state index in [-0.39, 0.29) is 30.2 Å². The minimum Gasteiger partial charge on any atom is -0.368 e. The van der Waals surface area contributed by atoms with Gasteiger partial charge in [0.2, 0.25) is 0 Å². The number of benzene rings is 1. The average molecular weight is 448 g/mol. The Morgan fingerprint density at radius 3 is 2.37 bits per heavy atom. The van der Waals surface area contributed by atoms with Crippen LogP contribution in [0.3, 0.4) is 0 Å². The van der Waals surface area contributed by atoms with Crippen LogP contribution in [-0.2, 0) is 5.41 Å². The number of nitrogens with zero attached hydrogens (tertiary/aromatic N) is 4. The molecule has 0 bridgehead atoms. The number of nitriles is 1. The van der Waals surface area contributed by atoms with Crippen LogP contribution in [0.1, 0.15) is 29.7 Å². The van der Waals surface area contributed by atoms with Crippen molar-refractivity contribution in [2.24, 2.45) is 0 Å². The fourth-order valence-corrected chi connectivity index (χ4v) is 4.60. The van der Waals surface area contributed by atoms with Crippen molar-refractivity contribution in [3.05, 3.63) is 59.4 Å². The monoisotopic (exact) mass is 447 g/mol. The number of halogens is 2. The third-order valence-corrected chi connectivity index (χ3v) is 6.28. The van der Waals surface area contributed by atoms with Gasteiger partial charge in [0.25, 0.3) is 0 Å². The fourth-order valence-electron chi connectivity index (χ4n) is 4.60. The first-order chi connectivity index (χ1) is 13.7. The van der Waals surface area contributed by atoms with Crippen LogP contribution in [0.15, 0.2) is 42.6 Å². The van der Waals surface area contributed by atoms with E-state index in [1.165, 1.54) is 11.3 Å². The summed E-state index contributed by atoms with van der Waals surface area (Å²) >= 11 is 0. The van der Waals surface area contributed by atoms with E-state index < -0.39 is 0 Å². The Kier molecular flexibility index (Phi) is 8.93. The van der Waals surface area contributed by atoms with Gasteiger partial charge in [-0.25, -0.2) is 0 Å². The SMILES string of the molecule is Cc1ccc(C2(CN3CCN(c4ccccc4C#N)CC3)CCNCC2)nc1.Cl.Cl. The molecule has 5 nitrogen and oxygen atoms in total. The van der Waals surface area contributed by atoms with Gasteiger partial charge in [0, 0.05) is 50.0 Å². The molecule has 1 N–H and O–H groups in total. The Morgan fingerprint density at radius 2 is 1.73 bits per heavy atom. The quantitative estimate of drug-likeness (QED) is 0.776. The molecule has 3 heterocycles. The van der Waals surface area contributed by atoms with Gasteiger partial charge in [0.05, 0.1) is 11.3 Å². The van der Waals surface area contributed by atoms with Crippen molar-refractivity contribution in [1.29, 1.82) is 5.26 Å². The van der Waals surface area contributed by atoms with Crippen LogP contribution in [0.25, 0.3) is 0 Å². The summed E-state index contributed by atoms with van der Waals surface area (Å²) in [6.45, 7) is 9.28. The number of piperidine rings is 1. The minimum atomic E-state index is 0. The van der Waals surface area contributed by atoms with Gasteiger partial charge < -0.3 is 10.2 Å². The number of piperazine rings is 1. The van der Waals surface area contributed by atoms with Gasteiger partial charge in [-0.15, -0.1) is 24.8 Å².